The quantitative estimate of drug-likeness (QED) is 0.428. The van der Waals surface area contributed by atoms with Crippen LogP contribution in [0.25, 0.3) is 33.9 Å². The maximum atomic E-state index is 13.5. The highest BCUT2D eigenvalue weighted by Gasteiger charge is 2.35. The Bertz CT molecular complexity index is 1220. The van der Waals surface area contributed by atoms with Gasteiger partial charge in [0.15, 0.2) is 0 Å². The molecule has 0 unspecified atom stereocenters. The Labute approximate surface area is 169 Å². The fourth-order valence-electron chi connectivity index (χ4n) is 2.84. The third kappa shape index (κ3) is 4.05. The van der Waals surface area contributed by atoms with Crippen LogP contribution in [0.1, 0.15) is 19.4 Å². The van der Waals surface area contributed by atoms with Gasteiger partial charge in [-0.3, -0.25) is 0 Å². The predicted molar refractivity (Wildman–Crippen MR) is 105 cm³/mol. The van der Waals surface area contributed by atoms with Gasteiger partial charge in [-0.15, -0.1) is 0 Å². The molecular formula is C21H17F3N4O2. The summed E-state index contributed by atoms with van der Waals surface area (Å²) in [6.07, 6.45) is -1.32. The highest BCUT2D eigenvalue weighted by atomic mass is 19.4. The molecule has 2 heterocycles. The highest BCUT2D eigenvalue weighted by molar-refractivity contribution is 5.80. The molecule has 0 saturated carbocycles. The Kier molecular flexibility index (Phi) is 5.03. The van der Waals surface area contributed by atoms with E-state index < -0.39 is 11.7 Å². The van der Waals surface area contributed by atoms with Crippen molar-refractivity contribution in [3.05, 3.63) is 59.9 Å². The molecule has 1 N–H and O–H groups in total. The first-order valence-corrected chi connectivity index (χ1v) is 9.06. The van der Waals surface area contributed by atoms with Crippen molar-refractivity contribution in [3.8, 4) is 28.6 Å². The summed E-state index contributed by atoms with van der Waals surface area (Å²) in [5.41, 5.74) is 2.42. The molecule has 2 aromatic carbocycles. The summed E-state index contributed by atoms with van der Waals surface area (Å²) in [6, 6.07) is 9.02. The van der Waals surface area contributed by atoms with E-state index in [1.54, 1.807) is 30.6 Å². The van der Waals surface area contributed by atoms with Gasteiger partial charge in [-0.1, -0.05) is 10.7 Å². The van der Waals surface area contributed by atoms with E-state index in [1.165, 1.54) is 12.1 Å². The van der Waals surface area contributed by atoms with Crippen LogP contribution in [0.15, 0.2) is 58.9 Å². The Morgan fingerprint density at radius 3 is 2.70 bits per heavy atom. The Morgan fingerprint density at radius 2 is 1.93 bits per heavy atom. The summed E-state index contributed by atoms with van der Waals surface area (Å²) in [7, 11) is 0. The van der Waals surface area contributed by atoms with Crippen molar-refractivity contribution in [2.75, 3.05) is 6.61 Å². The molecule has 30 heavy (non-hydrogen) atoms. The lowest BCUT2D eigenvalue weighted by Gasteiger charge is -2.14. The lowest BCUT2D eigenvalue weighted by atomic mass is 10.1. The first-order chi connectivity index (χ1) is 14.3. The molecule has 0 fully saturated rings. The maximum Gasteiger partial charge on any atom is 0.419 e. The van der Waals surface area contributed by atoms with Crippen LogP contribution >= 0.6 is 0 Å². The summed E-state index contributed by atoms with van der Waals surface area (Å²) in [6.45, 7) is 3.73. The third-order valence-electron chi connectivity index (χ3n) is 4.37. The lowest BCUT2D eigenvalue weighted by molar-refractivity contribution is -0.138. The summed E-state index contributed by atoms with van der Waals surface area (Å²) in [4.78, 5) is 11.4. The zero-order chi connectivity index (χ0) is 21.3. The van der Waals surface area contributed by atoms with Crippen LogP contribution in [-0.2, 0) is 6.18 Å². The fraction of sp³-hybridized carbons (Fsp3) is 0.190. The highest BCUT2D eigenvalue weighted by Crippen LogP contribution is 2.39. The van der Waals surface area contributed by atoms with Crippen LogP contribution in [-0.4, -0.2) is 26.7 Å². The number of hydrogen-bond acceptors (Lipinski definition) is 5. The molecule has 0 spiro atoms. The van der Waals surface area contributed by atoms with E-state index in [-0.39, 0.29) is 29.6 Å². The molecule has 0 atom stereocenters. The number of aromatic nitrogens is 4. The van der Waals surface area contributed by atoms with Crippen molar-refractivity contribution in [2.24, 2.45) is 0 Å². The van der Waals surface area contributed by atoms with Crippen LogP contribution < -0.4 is 4.74 Å². The number of benzene rings is 2. The second-order valence-corrected chi connectivity index (χ2v) is 6.86. The van der Waals surface area contributed by atoms with Gasteiger partial charge < -0.3 is 14.2 Å². The molecular weight excluding hydrogens is 397 g/mol. The molecule has 0 saturated heterocycles. The average Bonchev–Trinajstić information content (AvgIpc) is 3.36. The molecule has 154 valence electrons. The summed E-state index contributed by atoms with van der Waals surface area (Å²) in [5.74, 6) is -0.0109. The first kappa shape index (κ1) is 19.7. The number of H-pyrrole nitrogens is 1. The van der Waals surface area contributed by atoms with Crippen LogP contribution in [0.4, 0.5) is 13.2 Å². The fourth-order valence-corrected chi connectivity index (χ4v) is 2.84. The number of hydrogen-bond donors (Lipinski definition) is 1. The van der Waals surface area contributed by atoms with Crippen LogP contribution in [0.2, 0.25) is 0 Å². The van der Waals surface area contributed by atoms with Crippen molar-refractivity contribution in [1.29, 1.82) is 0 Å². The minimum Gasteiger partial charge on any atom is -0.489 e. The predicted octanol–water partition coefficient (Wildman–Crippen LogP) is 5.64. The van der Waals surface area contributed by atoms with Crippen molar-refractivity contribution >= 4 is 11.0 Å². The van der Waals surface area contributed by atoms with E-state index in [9.17, 15) is 13.2 Å². The third-order valence-corrected chi connectivity index (χ3v) is 4.37. The number of nitrogens with zero attached hydrogens (tertiary/aromatic N) is 3. The van der Waals surface area contributed by atoms with Crippen molar-refractivity contribution in [3.63, 3.8) is 0 Å². The minimum atomic E-state index is -4.59. The van der Waals surface area contributed by atoms with Crippen LogP contribution in [0, 0.1) is 0 Å². The molecule has 6 nitrogen and oxygen atoms in total. The Morgan fingerprint density at radius 1 is 1.13 bits per heavy atom. The largest absolute Gasteiger partial charge is 0.489 e. The number of imidazole rings is 1. The number of halogens is 3. The van der Waals surface area contributed by atoms with Gasteiger partial charge in [0.1, 0.15) is 12.4 Å². The molecule has 0 radical (unpaired) electrons. The molecule has 4 rings (SSSR count). The second kappa shape index (κ2) is 7.66. The van der Waals surface area contributed by atoms with E-state index in [4.69, 9.17) is 9.26 Å². The van der Waals surface area contributed by atoms with Crippen molar-refractivity contribution in [2.45, 2.75) is 20.0 Å². The van der Waals surface area contributed by atoms with E-state index in [0.717, 1.165) is 22.7 Å². The van der Waals surface area contributed by atoms with Crippen LogP contribution in [0.3, 0.4) is 0 Å². The first-order valence-electron chi connectivity index (χ1n) is 9.06. The normalized spacial score (nSPS) is 11.6. The number of nitrogens with one attached hydrogen (secondary N) is 1. The second-order valence-electron chi connectivity index (χ2n) is 6.86. The van der Waals surface area contributed by atoms with Gasteiger partial charge in [0.05, 0.1) is 22.9 Å². The molecule has 2 aromatic heterocycles. The number of ether oxygens (including phenoxy) is 1. The summed E-state index contributed by atoms with van der Waals surface area (Å²) in [5, 5.41) is 3.90. The number of allylic oxidation sites excluding steroid dienone is 1. The monoisotopic (exact) mass is 414 g/mol. The molecule has 0 aliphatic carbocycles. The number of aromatic amines is 1. The number of fused-ring (bicyclic) bond motifs is 1. The molecule has 9 heteroatoms. The van der Waals surface area contributed by atoms with Crippen molar-refractivity contribution in [1.82, 2.24) is 20.1 Å². The molecule has 0 aliphatic rings. The van der Waals surface area contributed by atoms with E-state index in [0.29, 0.717) is 5.56 Å². The lowest BCUT2D eigenvalue weighted by Crippen LogP contribution is -2.09. The molecule has 0 bridgehead atoms. The average molecular weight is 414 g/mol. The van der Waals surface area contributed by atoms with E-state index in [1.807, 2.05) is 13.8 Å². The Hall–Kier alpha value is -3.62. The van der Waals surface area contributed by atoms with Gasteiger partial charge in [-0.05, 0) is 56.3 Å². The van der Waals surface area contributed by atoms with Crippen molar-refractivity contribution < 1.29 is 22.4 Å². The molecule has 0 aliphatic heterocycles. The zero-order valence-electron chi connectivity index (χ0n) is 16.1. The maximum absolute atomic E-state index is 13.5. The summed E-state index contributed by atoms with van der Waals surface area (Å²) < 4.78 is 51.2. The zero-order valence-corrected chi connectivity index (χ0v) is 16.1. The van der Waals surface area contributed by atoms with E-state index in [2.05, 4.69) is 20.1 Å². The van der Waals surface area contributed by atoms with Gasteiger partial charge in [0.25, 0.3) is 5.89 Å². The van der Waals surface area contributed by atoms with Gasteiger partial charge in [0.2, 0.25) is 5.82 Å². The number of rotatable bonds is 5. The smallest absolute Gasteiger partial charge is 0.419 e. The van der Waals surface area contributed by atoms with Crippen LogP contribution in [0.5, 0.6) is 5.75 Å². The van der Waals surface area contributed by atoms with Gasteiger partial charge in [-0.2, -0.15) is 18.2 Å². The molecule has 0 amide bonds. The SMILES string of the molecule is CC(C)=CCOc1ccc(-c2nc(-c3ccc4nc[nH]c4c3)no2)cc1C(F)(F)F. The van der Waals surface area contributed by atoms with Gasteiger partial charge in [0, 0.05) is 11.1 Å². The van der Waals surface area contributed by atoms with E-state index >= 15 is 0 Å². The minimum absolute atomic E-state index is 0.0175. The standard InChI is InChI=1S/C21H17F3N4O2/c1-12(2)7-8-29-18-6-4-14(9-15(18)21(22,23)24)20-27-19(28-30-20)13-3-5-16-17(10-13)26-11-25-16/h3-7,9-11H,8H2,1-2H3,(H,25,26). The summed E-state index contributed by atoms with van der Waals surface area (Å²) >= 11 is 0. The molecule has 4 aromatic rings. The van der Waals surface area contributed by atoms with Gasteiger partial charge in [-0.25, -0.2) is 4.98 Å². The van der Waals surface area contributed by atoms with Gasteiger partial charge >= 0.3 is 6.18 Å². The topological polar surface area (TPSA) is 76.8 Å². The Balaban J connectivity index is 1.66. The number of alkyl halides is 3.